The molecule has 2 aromatic carbocycles. The summed E-state index contributed by atoms with van der Waals surface area (Å²) in [5, 5.41) is 6.09. The van der Waals surface area contributed by atoms with Crippen molar-refractivity contribution >= 4 is 22.8 Å². The van der Waals surface area contributed by atoms with Crippen LogP contribution < -0.4 is 10.6 Å². The van der Waals surface area contributed by atoms with E-state index in [0.717, 1.165) is 60.1 Å². The standard InChI is InChI=1S/C33H39FN4O3/c1-3-35-29(39)28(31(2)9-4-10-31)38-30(40)33(13-14-41-19-33)21-6-8-25-26(15-21)37-27(36-25)17-24-23-16-22(34)7-5-20(23)18-32(24)11-12-32/h5-8,15-16,24,28H,3-4,9-14,17-19H2,1-2H3,(H,35,39)(H,36,37)(H,38,40)/t24-,28-,33?/m0/s1. The van der Waals surface area contributed by atoms with Gasteiger partial charge in [0, 0.05) is 19.6 Å². The summed E-state index contributed by atoms with van der Waals surface area (Å²) < 4.78 is 20.0. The SMILES string of the molecule is CCNC(=O)[C@H](NC(=O)C1(c2ccc3nc(C[C@H]4c5cc(F)ccc5CC45CC5)[nH]c3c2)CCOC1)C1(C)CCC1. The largest absolute Gasteiger partial charge is 0.380 e. The first kappa shape index (κ1) is 26.6. The fraction of sp³-hybridized carbons (Fsp3) is 0.545. The molecule has 3 fully saturated rings. The number of fused-ring (bicyclic) bond motifs is 2. The molecule has 4 aliphatic rings. The number of aromatic nitrogens is 2. The first-order valence-electron chi connectivity index (χ1n) is 15.2. The molecule has 3 aromatic rings. The lowest BCUT2D eigenvalue weighted by atomic mass is 9.65. The fourth-order valence-electron chi connectivity index (χ4n) is 7.77. The average molecular weight is 559 g/mol. The lowest BCUT2D eigenvalue weighted by Crippen LogP contribution is -2.61. The van der Waals surface area contributed by atoms with E-state index in [0.29, 0.717) is 19.6 Å². The van der Waals surface area contributed by atoms with Gasteiger partial charge in [0.15, 0.2) is 0 Å². The summed E-state index contributed by atoms with van der Waals surface area (Å²) in [6.45, 7) is 5.28. The maximum atomic E-state index is 14.2. The Bertz CT molecular complexity index is 1520. The number of halogens is 1. The second-order valence-electron chi connectivity index (χ2n) is 13.2. The minimum atomic E-state index is -0.871. The minimum absolute atomic E-state index is 0.118. The van der Waals surface area contributed by atoms with Crippen molar-refractivity contribution in [3.05, 3.63) is 64.7 Å². The van der Waals surface area contributed by atoms with E-state index in [9.17, 15) is 14.0 Å². The summed E-state index contributed by atoms with van der Waals surface area (Å²) in [6, 6.07) is 10.7. The summed E-state index contributed by atoms with van der Waals surface area (Å²) in [5.41, 5.74) is 4.13. The van der Waals surface area contributed by atoms with Crippen LogP contribution in [0.15, 0.2) is 36.4 Å². The van der Waals surface area contributed by atoms with E-state index in [1.165, 1.54) is 18.4 Å². The van der Waals surface area contributed by atoms with Gasteiger partial charge in [0.2, 0.25) is 11.8 Å². The molecular weight excluding hydrogens is 519 g/mol. The van der Waals surface area contributed by atoms with Gasteiger partial charge in [-0.2, -0.15) is 0 Å². The molecule has 41 heavy (non-hydrogen) atoms. The molecule has 2 heterocycles. The highest BCUT2D eigenvalue weighted by Gasteiger charge is 2.54. The average Bonchev–Trinajstić information content (AvgIpc) is 3.26. The third kappa shape index (κ3) is 4.37. The van der Waals surface area contributed by atoms with Gasteiger partial charge < -0.3 is 20.4 Å². The number of amides is 2. The predicted octanol–water partition coefficient (Wildman–Crippen LogP) is 4.83. The molecule has 7 nitrogen and oxygen atoms in total. The Hall–Kier alpha value is -3.26. The van der Waals surface area contributed by atoms with Crippen LogP contribution in [0.5, 0.6) is 0 Å². The van der Waals surface area contributed by atoms with Crippen molar-refractivity contribution in [2.24, 2.45) is 10.8 Å². The number of carbonyl (C=O) groups is 2. The van der Waals surface area contributed by atoms with Crippen molar-refractivity contribution in [2.75, 3.05) is 19.8 Å². The lowest BCUT2D eigenvalue weighted by molar-refractivity contribution is -0.136. The highest BCUT2D eigenvalue weighted by atomic mass is 19.1. The highest BCUT2D eigenvalue weighted by Crippen LogP contribution is 2.63. The molecular formula is C33H39FN4O3. The number of hydrogen-bond acceptors (Lipinski definition) is 4. The topological polar surface area (TPSA) is 96.1 Å². The number of rotatable bonds is 8. The quantitative estimate of drug-likeness (QED) is 0.369. The number of imidazole rings is 1. The maximum absolute atomic E-state index is 14.2. The Morgan fingerprint density at radius 3 is 2.66 bits per heavy atom. The number of nitrogens with zero attached hydrogens (tertiary/aromatic N) is 1. The van der Waals surface area contributed by atoms with Crippen molar-refractivity contribution in [1.82, 2.24) is 20.6 Å². The first-order chi connectivity index (χ1) is 19.8. The van der Waals surface area contributed by atoms with E-state index in [4.69, 9.17) is 9.72 Å². The van der Waals surface area contributed by atoms with Gasteiger partial charge in [-0.1, -0.05) is 25.5 Å². The van der Waals surface area contributed by atoms with Gasteiger partial charge >= 0.3 is 0 Å². The number of aromatic amines is 1. The molecule has 3 N–H and O–H groups in total. The molecule has 1 unspecified atom stereocenters. The van der Waals surface area contributed by atoms with Crippen LogP contribution in [0.1, 0.15) is 80.8 Å². The molecule has 1 saturated heterocycles. The predicted molar refractivity (Wildman–Crippen MR) is 154 cm³/mol. The zero-order valence-electron chi connectivity index (χ0n) is 23.9. The number of hydrogen-bond donors (Lipinski definition) is 3. The van der Waals surface area contributed by atoms with Crippen LogP contribution in [-0.2, 0) is 32.6 Å². The molecule has 216 valence electrons. The van der Waals surface area contributed by atoms with Crippen LogP contribution in [0, 0.1) is 16.6 Å². The highest BCUT2D eigenvalue weighted by molar-refractivity contribution is 5.94. The number of likely N-dealkylation sites (N-methyl/N-ethyl adjacent to an activating group) is 1. The zero-order chi connectivity index (χ0) is 28.4. The Morgan fingerprint density at radius 2 is 1.98 bits per heavy atom. The van der Waals surface area contributed by atoms with E-state index >= 15 is 0 Å². The molecule has 7 rings (SSSR count). The minimum Gasteiger partial charge on any atom is -0.380 e. The molecule has 1 aromatic heterocycles. The third-order valence-corrected chi connectivity index (χ3v) is 10.7. The van der Waals surface area contributed by atoms with Crippen molar-refractivity contribution < 1.29 is 18.7 Å². The summed E-state index contributed by atoms with van der Waals surface area (Å²) in [6.07, 6.45) is 7.56. The second kappa shape index (κ2) is 9.65. The van der Waals surface area contributed by atoms with Crippen molar-refractivity contribution in [1.29, 1.82) is 0 Å². The number of ether oxygens (including phenoxy) is 1. The van der Waals surface area contributed by atoms with Gasteiger partial charge in [0.1, 0.15) is 17.7 Å². The monoisotopic (exact) mass is 558 g/mol. The number of H-pyrrole nitrogens is 1. The van der Waals surface area contributed by atoms with Gasteiger partial charge in [-0.25, -0.2) is 9.37 Å². The van der Waals surface area contributed by atoms with Crippen LogP contribution in [0.3, 0.4) is 0 Å². The van der Waals surface area contributed by atoms with Crippen LogP contribution in [-0.4, -0.2) is 47.6 Å². The molecule has 2 amide bonds. The van der Waals surface area contributed by atoms with Gasteiger partial charge in [0.05, 0.1) is 23.1 Å². The third-order valence-electron chi connectivity index (χ3n) is 10.7. The van der Waals surface area contributed by atoms with Gasteiger partial charge in [-0.05, 0) is 103 Å². The van der Waals surface area contributed by atoms with Gasteiger partial charge in [-0.3, -0.25) is 9.59 Å². The Kier molecular flexibility index (Phi) is 6.27. The summed E-state index contributed by atoms with van der Waals surface area (Å²) in [4.78, 5) is 35.5. The molecule has 3 atom stereocenters. The van der Waals surface area contributed by atoms with Crippen LogP contribution in [0.4, 0.5) is 4.39 Å². The molecule has 1 spiro atoms. The van der Waals surface area contributed by atoms with E-state index in [1.807, 2.05) is 31.2 Å². The van der Waals surface area contributed by atoms with Gasteiger partial charge in [-0.15, -0.1) is 0 Å². The van der Waals surface area contributed by atoms with Crippen molar-refractivity contribution in [3.8, 4) is 0 Å². The molecule has 8 heteroatoms. The smallest absolute Gasteiger partial charge is 0.243 e. The molecule has 3 aliphatic carbocycles. The second-order valence-corrected chi connectivity index (χ2v) is 13.2. The van der Waals surface area contributed by atoms with Gasteiger partial charge in [0.25, 0.3) is 0 Å². The number of carbonyl (C=O) groups excluding carboxylic acids is 2. The van der Waals surface area contributed by atoms with Crippen LogP contribution >= 0.6 is 0 Å². The van der Waals surface area contributed by atoms with Crippen molar-refractivity contribution in [3.63, 3.8) is 0 Å². The number of benzene rings is 2. The van der Waals surface area contributed by atoms with E-state index in [1.54, 1.807) is 12.1 Å². The molecule has 0 bridgehead atoms. The molecule has 2 saturated carbocycles. The van der Waals surface area contributed by atoms with Crippen LogP contribution in [0.25, 0.3) is 11.0 Å². The normalized spacial score (nSPS) is 26.0. The van der Waals surface area contributed by atoms with E-state index < -0.39 is 11.5 Å². The maximum Gasteiger partial charge on any atom is 0.243 e. The summed E-state index contributed by atoms with van der Waals surface area (Å²) in [7, 11) is 0. The molecule has 0 radical (unpaired) electrons. The Morgan fingerprint density at radius 1 is 1.15 bits per heavy atom. The first-order valence-corrected chi connectivity index (χ1v) is 15.2. The molecule has 1 aliphatic heterocycles. The van der Waals surface area contributed by atoms with E-state index in [-0.39, 0.29) is 41.0 Å². The summed E-state index contributed by atoms with van der Waals surface area (Å²) in [5.74, 6) is 0.698. The zero-order valence-corrected chi connectivity index (χ0v) is 23.9. The fourth-order valence-corrected chi connectivity index (χ4v) is 7.77. The van der Waals surface area contributed by atoms with Crippen LogP contribution in [0.2, 0.25) is 0 Å². The Balaban J connectivity index is 1.17. The number of nitrogens with one attached hydrogen (secondary N) is 3. The van der Waals surface area contributed by atoms with E-state index in [2.05, 4.69) is 22.5 Å². The Labute approximate surface area is 240 Å². The summed E-state index contributed by atoms with van der Waals surface area (Å²) >= 11 is 0. The van der Waals surface area contributed by atoms with Crippen molar-refractivity contribution in [2.45, 2.75) is 82.6 Å². The lowest BCUT2D eigenvalue weighted by Gasteiger charge is -2.45.